The van der Waals surface area contributed by atoms with E-state index in [1.807, 2.05) is 29.2 Å². The highest BCUT2D eigenvalue weighted by Crippen LogP contribution is 2.31. The second-order valence-corrected chi connectivity index (χ2v) is 17.8. The van der Waals surface area contributed by atoms with Crippen LogP contribution in [0.3, 0.4) is 0 Å². The third-order valence-electron chi connectivity index (χ3n) is 12.7. The summed E-state index contributed by atoms with van der Waals surface area (Å²) in [6.07, 6.45) is 2.98. The number of carbonyl (C=O) groups excluding carboxylic acids is 6. The Kier molecular flexibility index (Phi) is 13.1. The predicted octanol–water partition coefficient (Wildman–Crippen LogP) is 1.52. The molecule has 4 fully saturated rings. The molecule has 2 aromatic carbocycles. The van der Waals surface area contributed by atoms with Crippen LogP contribution in [-0.2, 0) is 23.2 Å². The fourth-order valence-electron chi connectivity index (χ4n) is 9.15. The van der Waals surface area contributed by atoms with E-state index in [2.05, 4.69) is 59.1 Å². The Morgan fingerprint density at radius 2 is 1.57 bits per heavy atom. The van der Waals surface area contributed by atoms with E-state index in [9.17, 15) is 33.6 Å². The number of imide groups is 1. The van der Waals surface area contributed by atoms with Gasteiger partial charge in [-0.25, -0.2) is 14.3 Å². The van der Waals surface area contributed by atoms with Crippen LogP contribution < -0.4 is 26.8 Å². The van der Waals surface area contributed by atoms with Gasteiger partial charge in [0.25, 0.3) is 17.4 Å². The van der Waals surface area contributed by atoms with Crippen molar-refractivity contribution in [2.45, 2.75) is 43.8 Å². The van der Waals surface area contributed by atoms with Crippen molar-refractivity contribution in [3.05, 3.63) is 85.7 Å². The van der Waals surface area contributed by atoms with Crippen LogP contribution in [0.15, 0.2) is 57.9 Å². The van der Waals surface area contributed by atoms with E-state index in [0.717, 1.165) is 25.1 Å². The summed E-state index contributed by atoms with van der Waals surface area (Å²) in [6.45, 7) is 7.15. The molecule has 3 aromatic rings. The van der Waals surface area contributed by atoms with E-state index in [4.69, 9.17) is 0 Å². The zero-order valence-electron chi connectivity index (χ0n) is 35.5. The van der Waals surface area contributed by atoms with Gasteiger partial charge in [-0.3, -0.25) is 34.2 Å². The first-order chi connectivity index (χ1) is 30.3. The van der Waals surface area contributed by atoms with E-state index in [-0.39, 0.29) is 66.7 Å². The number of anilines is 2. The maximum atomic E-state index is 13.4. The van der Waals surface area contributed by atoms with E-state index in [0.29, 0.717) is 98.0 Å². The Morgan fingerprint density at radius 3 is 2.29 bits per heavy atom. The van der Waals surface area contributed by atoms with Crippen molar-refractivity contribution in [1.29, 1.82) is 0 Å². The molecule has 4 N–H and O–H groups in total. The van der Waals surface area contributed by atoms with E-state index in [1.54, 1.807) is 41.2 Å². The van der Waals surface area contributed by atoms with Crippen molar-refractivity contribution in [2.75, 3.05) is 96.2 Å². The zero-order valence-corrected chi connectivity index (χ0v) is 37.1. The molecule has 8 rings (SSSR count). The van der Waals surface area contributed by atoms with Crippen LogP contribution >= 0.6 is 15.9 Å². The lowest BCUT2D eigenvalue weighted by Gasteiger charge is -2.40. The molecule has 334 valence electrons. The molecule has 5 aliphatic heterocycles. The molecule has 0 saturated carbocycles. The summed E-state index contributed by atoms with van der Waals surface area (Å²) in [7, 11) is 3.70. The molecule has 19 nitrogen and oxygen atoms in total. The predicted molar refractivity (Wildman–Crippen MR) is 236 cm³/mol. The number of nitrogens with zero attached hydrogens (tertiary/aromatic N) is 8. The molecule has 1 unspecified atom stereocenters. The molecule has 3 atom stereocenters. The maximum Gasteiger partial charge on any atom is 0.321 e. The SMILES string of the molecule is CN1C[C@H](Nc2cnn(C)c(=O)c2Br)C[C@H](c2ccc(C(=O)NCCN3CCN(C(=O)N4CCN(C(=O)Nc5ccc6c(c5)CN(C5CCC(=O)NC5=O)C6=O)CC4)CC3)cc2)C1. The van der Waals surface area contributed by atoms with Crippen LogP contribution in [-0.4, -0.2) is 173 Å². The van der Waals surface area contributed by atoms with Gasteiger partial charge in [-0.1, -0.05) is 12.1 Å². The monoisotopic (exact) mass is 928 g/mol. The van der Waals surface area contributed by atoms with Gasteiger partial charge in [-0.15, -0.1) is 0 Å². The summed E-state index contributed by atoms with van der Waals surface area (Å²) in [5, 5.41) is 15.9. The number of rotatable bonds is 9. The van der Waals surface area contributed by atoms with E-state index in [1.165, 1.54) is 9.58 Å². The number of piperidine rings is 2. The lowest BCUT2D eigenvalue weighted by Crippen LogP contribution is -2.58. The van der Waals surface area contributed by atoms with Crippen LogP contribution in [0.4, 0.5) is 21.0 Å². The van der Waals surface area contributed by atoms with Crippen molar-refractivity contribution in [3.8, 4) is 0 Å². The molecule has 0 radical (unpaired) electrons. The van der Waals surface area contributed by atoms with E-state index < -0.39 is 11.9 Å². The lowest BCUT2D eigenvalue weighted by atomic mass is 9.87. The molecule has 8 amide bonds. The zero-order chi connectivity index (χ0) is 44.4. The molecule has 63 heavy (non-hydrogen) atoms. The molecule has 0 bridgehead atoms. The number of benzene rings is 2. The molecule has 4 saturated heterocycles. The third kappa shape index (κ3) is 9.87. The number of halogens is 1. The van der Waals surface area contributed by atoms with Crippen molar-refractivity contribution >= 4 is 63.0 Å². The summed E-state index contributed by atoms with van der Waals surface area (Å²) in [5.41, 5.74) is 3.93. The van der Waals surface area contributed by atoms with Gasteiger partial charge in [0.05, 0.1) is 11.9 Å². The Labute approximate surface area is 373 Å². The first kappa shape index (κ1) is 43.8. The first-order valence-corrected chi connectivity index (χ1v) is 22.3. The van der Waals surface area contributed by atoms with Gasteiger partial charge in [-0.2, -0.15) is 5.10 Å². The van der Waals surface area contributed by atoms with Gasteiger partial charge in [0.1, 0.15) is 10.5 Å². The molecule has 0 aliphatic carbocycles. The number of carbonyl (C=O) groups is 6. The number of urea groups is 2. The highest BCUT2D eigenvalue weighted by atomic mass is 79.9. The van der Waals surface area contributed by atoms with Crippen molar-refractivity contribution in [1.82, 2.24) is 49.8 Å². The first-order valence-electron chi connectivity index (χ1n) is 21.5. The average molecular weight is 930 g/mol. The number of aryl methyl sites for hydroxylation is 1. The van der Waals surface area contributed by atoms with Crippen molar-refractivity contribution < 1.29 is 28.8 Å². The number of likely N-dealkylation sites (N-methyl/N-ethyl adjacent to an activating group) is 1. The lowest BCUT2D eigenvalue weighted by molar-refractivity contribution is -0.136. The third-order valence-corrected chi connectivity index (χ3v) is 13.5. The molecule has 20 heteroatoms. The molecular weight excluding hydrogens is 876 g/mol. The van der Waals surface area contributed by atoms with Crippen LogP contribution in [0, 0.1) is 0 Å². The fraction of sp³-hybridized carbons (Fsp3) is 0.488. The van der Waals surface area contributed by atoms with Gasteiger partial charge in [0.2, 0.25) is 11.8 Å². The van der Waals surface area contributed by atoms with E-state index >= 15 is 0 Å². The van der Waals surface area contributed by atoms with Gasteiger partial charge in [0.15, 0.2) is 0 Å². The van der Waals surface area contributed by atoms with Gasteiger partial charge in [0, 0.05) is 121 Å². The summed E-state index contributed by atoms with van der Waals surface area (Å²) >= 11 is 3.41. The van der Waals surface area contributed by atoms with Crippen molar-refractivity contribution in [2.24, 2.45) is 7.05 Å². The number of amides is 8. The Hall–Kier alpha value is -5.86. The molecular formula is C43H53BrN12O7. The number of fused-ring (bicyclic) bond motifs is 1. The second kappa shape index (κ2) is 18.9. The number of hydrogen-bond donors (Lipinski definition) is 4. The number of likely N-dealkylation sites (tertiary alicyclic amines) is 1. The number of piperazine rings is 2. The quantitative estimate of drug-likeness (QED) is 0.227. The summed E-state index contributed by atoms with van der Waals surface area (Å²) in [4.78, 5) is 100. The van der Waals surface area contributed by atoms with Crippen LogP contribution in [0.1, 0.15) is 57.0 Å². The Morgan fingerprint density at radius 1 is 0.873 bits per heavy atom. The van der Waals surface area contributed by atoms with Gasteiger partial charge in [-0.05, 0) is 83.2 Å². The minimum atomic E-state index is -0.711. The topological polar surface area (TPSA) is 205 Å². The molecule has 6 heterocycles. The van der Waals surface area contributed by atoms with Gasteiger partial charge < -0.3 is 40.4 Å². The maximum absolute atomic E-state index is 13.4. The average Bonchev–Trinajstić information content (AvgIpc) is 3.60. The largest absolute Gasteiger partial charge is 0.379 e. The smallest absolute Gasteiger partial charge is 0.321 e. The summed E-state index contributed by atoms with van der Waals surface area (Å²) < 4.78 is 1.76. The second-order valence-electron chi connectivity index (χ2n) is 17.0. The molecule has 1 aromatic heterocycles. The Balaban J connectivity index is 0.728. The minimum absolute atomic E-state index is 0.0457. The molecule has 5 aliphatic rings. The molecule has 0 spiro atoms. The minimum Gasteiger partial charge on any atom is -0.379 e. The highest BCUT2D eigenvalue weighted by Gasteiger charge is 2.39. The number of aromatic nitrogens is 2. The van der Waals surface area contributed by atoms with Crippen LogP contribution in [0.5, 0.6) is 0 Å². The number of hydrogen-bond acceptors (Lipinski definition) is 11. The van der Waals surface area contributed by atoms with Crippen molar-refractivity contribution in [3.63, 3.8) is 0 Å². The van der Waals surface area contributed by atoms with Crippen LogP contribution in [0.25, 0.3) is 0 Å². The normalized spacial score (nSPS) is 22.1. The fourth-order valence-corrected chi connectivity index (χ4v) is 9.62. The van der Waals surface area contributed by atoms with Gasteiger partial charge >= 0.3 is 12.1 Å². The number of nitrogens with one attached hydrogen (secondary N) is 4. The Bertz CT molecular complexity index is 2330. The van der Waals surface area contributed by atoms with Crippen LogP contribution in [0.2, 0.25) is 0 Å². The summed E-state index contributed by atoms with van der Waals surface area (Å²) in [6, 6.07) is 11.9. The highest BCUT2D eigenvalue weighted by molar-refractivity contribution is 9.10. The summed E-state index contributed by atoms with van der Waals surface area (Å²) in [5.74, 6) is -0.970. The standard InChI is InChI=1S/C43H53BrN12O7/c1-50-24-29(21-32(26-50)47-34-23-46-51(2)41(61)37(34)44)27-3-5-28(6-4-27)38(58)45-11-12-52-13-15-54(16-14-52)43(63)55-19-17-53(18-20-55)42(62)48-31-7-8-33-30(22-31)25-56(40(33)60)35-9-10-36(57)49-39(35)59/h3-8,22-23,29,32,35,47H,9-21,24-26H2,1-2H3,(H,45,58)(H,48,62)(H,49,57,59)/t29-,32+,35?/m0/s1.